The maximum Gasteiger partial charge on any atom is 0.404 e. The van der Waals surface area contributed by atoms with Crippen molar-refractivity contribution in [3.8, 4) is 0 Å². The number of amides is 2. The summed E-state index contributed by atoms with van der Waals surface area (Å²) >= 11 is 0. The number of anilines is 3. The number of rotatable bonds is 8. The molecule has 0 unspecified atom stereocenters. The summed E-state index contributed by atoms with van der Waals surface area (Å²) in [5, 5.41) is 18.4. The minimum absolute atomic E-state index is 0.0512. The smallest absolute Gasteiger partial charge is 0.404 e. The predicted octanol–water partition coefficient (Wildman–Crippen LogP) is 4.42. The van der Waals surface area contributed by atoms with E-state index < -0.39 is 29.9 Å². The van der Waals surface area contributed by atoms with Crippen molar-refractivity contribution in [1.82, 2.24) is 15.3 Å². The molecule has 2 heterocycles. The van der Waals surface area contributed by atoms with E-state index in [4.69, 9.17) is 5.73 Å². The van der Waals surface area contributed by atoms with Crippen molar-refractivity contribution in [2.45, 2.75) is 19.0 Å². The molecule has 6 N–H and O–H groups in total. The Hall–Kier alpha value is -4.73. The fourth-order valence-corrected chi connectivity index (χ4v) is 3.75. The van der Waals surface area contributed by atoms with Gasteiger partial charge in [-0.2, -0.15) is 0 Å². The minimum Gasteiger partial charge on any atom is -0.465 e. The second-order valence-electron chi connectivity index (χ2n) is 7.89. The van der Waals surface area contributed by atoms with Crippen LogP contribution in [0.3, 0.4) is 0 Å². The maximum absolute atomic E-state index is 15.0. The Morgan fingerprint density at radius 1 is 1.03 bits per heavy atom. The van der Waals surface area contributed by atoms with Crippen molar-refractivity contribution in [2.75, 3.05) is 10.6 Å². The van der Waals surface area contributed by atoms with Gasteiger partial charge in [0.15, 0.2) is 11.6 Å². The van der Waals surface area contributed by atoms with Crippen molar-refractivity contribution in [3.05, 3.63) is 89.9 Å². The van der Waals surface area contributed by atoms with Crippen molar-refractivity contribution in [2.24, 2.45) is 5.73 Å². The van der Waals surface area contributed by atoms with E-state index in [1.54, 1.807) is 55.6 Å². The van der Waals surface area contributed by atoms with Gasteiger partial charge in [-0.1, -0.05) is 36.4 Å². The normalized spacial score (nSPS) is 12.5. The van der Waals surface area contributed by atoms with E-state index in [1.807, 2.05) is 18.2 Å². The molecule has 0 aliphatic carbocycles. The Morgan fingerprint density at radius 2 is 1.80 bits per heavy atom. The van der Waals surface area contributed by atoms with Gasteiger partial charge in [-0.25, -0.2) is 14.2 Å². The van der Waals surface area contributed by atoms with Gasteiger partial charge in [-0.3, -0.25) is 9.78 Å². The van der Waals surface area contributed by atoms with Crippen LogP contribution in [0.15, 0.2) is 72.9 Å². The molecular formula is C25H23FN6O3. The van der Waals surface area contributed by atoms with Gasteiger partial charge in [0, 0.05) is 17.3 Å². The Kier molecular flexibility index (Phi) is 6.72. The average molecular weight is 474 g/mol. The third-order valence-electron chi connectivity index (χ3n) is 5.41. The highest BCUT2D eigenvalue weighted by atomic mass is 19.1. The van der Waals surface area contributed by atoms with Crippen LogP contribution in [-0.4, -0.2) is 33.1 Å². The van der Waals surface area contributed by atoms with Gasteiger partial charge in [-0.05, 0) is 42.8 Å². The van der Waals surface area contributed by atoms with Crippen molar-refractivity contribution < 1.29 is 19.1 Å². The second-order valence-corrected chi connectivity index (χ2v) is 7.89. The lowest BCUT2D eigenvalue weighted by atomic mass is 10.0. The summed E-state index contributed by atoms with van der Waals surface area (Å²) in [6.07, 6.45) is 0.467. The van der Waals surface area contributed by atoms with Crippen LogP contribution >= 0.6 is 0 Å². The van der Waals surface area contributed by atoms with E-state index in [0.29, 0.717) is 11.3 Å². The summed E-state index contributed by atoms with van der Waals surface area (Å²) in [5.74, 6) is -1.79. The number of nitrogens with zero attached hydrogens (tertiary/aromatic N) is 2. The van der Waals surface area contributed by atoms with Crippen LogP contribution in [0.1, 0.15) is 28.9 Å². The van der Waals surface area contributed by atoms with Crippen molar-refractivity contribution in [1.29, 1.82) is 0 Å². The lowest BCUT2D eigenvalue weighted by Crippen LogP contribution is -2.39. The molecule has 35 heavy (non-hydrogen) atoms. The molecule has 2 atom stereocenters. The quantitative estimate of drug-likeness (QED) is 0.254. The first-order valence-electron chi connectivity index (χ1n) is 10.7. The monoisotopic (exact) mass is 474 g/mol. The van der Waals surface area contributed by atoms with E-state index in [0.717, 1.165) is 17.0 Å². The standard InChI is InChI=1S/C25H23FN6O3/c1-14(29-25(34)35)21(15-6-3-2-4-7-15)31-24-19(26)13-18(22(27)33)23(32-24)30-17-9-10-20-16(12-17)8-5-11-28-20/h2-14,21,29H,1H3,(H2,27,33)(H,34,35)(H2,30,31,32)/t14-,21-/m0/s1. The number of carbonyl (C=O) groups is 2. The van der Waals surface area contributed by atoms with E-state index >= 15 is 4.39 Å². The van der Waals surface area contributed by atoms with Crippen LogP contribution in [0.5, 0.6) is 0 Å². The molecule has 0 aliphatic rings. The van der Waals surface area contributed by atoms with E-state index in [2.05, 4.69) is 25.9 Å². The number of nitrogens with two attached hydrogens (primary N) is 1. The molecule has 2 aromatic heterocycles. The van der Waals surface area contributed by atoms with Crippen molar-refractivity contribution >= 4 is 40.2 Å². The zero-order valence-electron chi connectivity index (χ0n) is 18.7. The SMILES string of the molecule is C[C@H](NC(=O)O)[C@H](Nc1nc(Nc2ccc3ncccc3c2)c(C(N)=O)cc1F)c1ccccc1. The highest BCUT2D eigenvalue weighted by Crippen LogP contribution is 2.29. The number of hydrogen-bond donors (Lipinski definition) is 5. The Labute approximate surface area is 200 Å². The van der Waals surface area contributed by atoms with Gasteiger partial charge in [-0.15, -0.1) is 0 Å². The zero-order valence-corrected chi connectivity index (χ0v) is 18.7. The molecule has 0 fully saturated rings. The summed E-state index contributed by atoms with van der Waals surface area (Å²) in [4.78, 5) is 31.9. The minimum atomic E-state index is -1.22. The maximum atomic E-state index is 15.0. The van der Waals surface area contributed by atoms with Crippen LogP contribution in [0, 0.1) is 5.82 Å². The van der Waals surface area contributed by atoms with Crippen LogP contribution in [0.25, 0.3) is 10.9 Å². The van der Waals surface area contributed by atoms with Crippen LogP contribution in [0.2, 0.25) is 0 Å². The number of pyridine rings is 2. The number of benzene rings is 2. The van der Waals surface area contributed by atoms with E-state index in [-0.39, 0.29) is 17.2 Å². The number of carbonyl (C=O) groups excluding carboxylic acids is 1. The predicted molar refractivity (Wildman–Crippen MR) is 131 cm³/mol. The van der Waals surface area contributed by atoms with Gasteiger partial charge in [0.1, 0.15) is 5.82 Å². The van der Waals surface area contributed by atoms with Crippen LogP contribution in [0.4, 0.5) is 26.5 Å². The molecular weight excluding hydrogens is 451 g/mol. The lowest BCUT2D eigenvalue weighted by Gasteiger charge is -2.26. The number of halogens is 1. The van der Waals surface area contributed by atoms with Gasteiger partial charge in [0.25, 0.3) is 5.91 Å². The molecule has 178 valence electrons. The summed E-state index contributed by atoms with van der Waals surface area (Å²) in [7, 11) is 0. The molecule has 0 bridgehead atoms. The molecule has 0 saturated carbocycles. The molecule has 0 aliphatic heterocycles. The zero-order chi connectivity index (χ0) is 24.9. The van der Waals surface area contributed by atoms with Crippen LogP contribution < -0.4 is 21.7 Å². The summed E-state index contributed by atoms with van der Waals surface area (Å²) in [6.45, 7) is 1.65. The summed E-state index contributed by atoms with van der Waals surface area (Å²) in [6, 6.07) is 17.7. The lowest BCUT2D eigenvalue weighted by molar-refractivity contribution is 0.100. The molecule has 4 rings (SSSR count). The topological polar surface area (TPSA) is 142 Å². The Morgan fingerprint density at radius 3 is 2.51 bits per heavy atom. The molecule has 9 nitrogen and oxygen atoms in total. The van der Waals surface area contributed by atoms with Gasteiger partial charge in [0.2, 0.25) is 0 Å². The number of nitrogens with one attached hydrogen (secondary N) is 3. The van der Waals surface area contributed by atoms with E-state index in [9.17, 15) is 14.7 Å². The highest BCUT2D eigenvalue weighted by molar-refractivity contribution is 5.99. The molecule has 10 heteroatoms. The van der Waals surface area contributed by atoms with Gasteiger partial charge in [0.05, 0.1) is 23.2 Å². The fourth-order valence-electron chi connectivity index (χ4n) is 3.75. The van der Waals surface area contributed by atoms with Crippen LogP contribution in [-0.2, 0) is 0 Å². The summed E-state index contributed by atoms with van der Waals surface area (Å²) < 4.78 is 15.0. The van der Waals surface area contributed by atoms with E-state index in [1.165, 1.54) is 0 Å². The number of hydrogen-bond acceptors (Lipinski definition) is 6. The highest BCUT2D eigenvalue weighted by Gasteiger charge is 2.24. The van der Waals surface area contributed by atoms with Gasteiger partial charge < -0.3 is 26.8 Å². The average Bonchev–Trinajstić information content (AvgIpc) is 2.83. The Balaban J connectivity index is 1.71. The number of fused-ring (bicyclic) bond motifs is 1. The molecule has 0 radical (unpaired) electrons. The first-order valence-corrected chi connectivity index (χ1v) is 10.7. The largest absolute Gasteiger partial charge is 0.465 e. The molecule has 0 spiro atoms. The summed E-state index contributed by atoms with van der Waals surface area (Å²) in [5.41, 5.74) is 7.44. The third kappa shape index (κ3) is 5.44. The first kappa shape index (κ1) is 23.4. The Bertz CT molecular complexity index is 1380. The third-order valence-corrected chi connectivity index (χ3v) is 5.41. The van der Waals surface area contributed by atoms with Crippen molar-refractivity contribution in [3.63, 3.8) is 0 Å². The molecule has 4 aromatic rings. The number of aromatic nitrogens is 2. The second kappa shape index (κ2) is 10.0. The van der Waals surface area contributed by atoms with Gasteiger partial charge >= 0.3 is 6.09 Å². The molecule has 2 amide bonds. The number of carboxylic acid groups (broad SMARTS) is 1. The first-order chi connectivity index (χ1) is 16.8. The fraction of sp³-hybridized carbons (Fsp3) is 0.120. The molecule has 0 saturated heterocycles. The number of primary amides is 1. The molecule has 2 aromatic carbocycles.